The Morgan fingerprint density at radius 3 is 3.07 bits per heavy atom. The number of nitrogens with zero attached hydrogens (tertiary/aromatic N) is 3. The maximum atomic E-state index is 11.3. The summed E-state index contributed by atoms with van der Waals surface area (Å²) in [6.07, 6.45) is 3.01. The number of hydrogen-bond donors (Lipinski definition) is 0. The van der Waals surface area contributed by atoms with E-state index in [4.69, 9.17) is 4.42 Å². The first-order chi connectivity index (χ1) is 7.29. The number of aromatic nitrogens is 3. The van der Waals surface area contributed by atoms with Gasteiger partial charge in [0, 0.05) is 12.5 Å². The van der Waals surface area contributed by atoms with E-state index in [0.29, 0.717) is 18.0 Å². The fourth-order valence-corrected chi connectivity index (χ4v) is 1.24. The van der Waals surface area contributed by atoms with Crippen molar-refractivity contribution in [1.82, 2.24) is 14.9 Å². The first-order valence-corrected chi connectivity index (χ1v) is 4.75. The molecule has 0 unspecified atom stereocenters. The summed E-state index contributed by atoms with van der Waals surface area (Å²) >= 11 is 0. The van der Waals surface area contributed by atoms with Crippen LogP contribution in [0.3, 0.4) is 0 Å². The fraction of sp³-hybridized carbons (Fsp3) is 0.444. The molecule has 0 aromatic carbocycles. The molecular formula is C9H11N3O3. The standard InChI is InChI=1S/C9H11N3O3/c1-2-3-8-10-12(9(13)15-8)6-7-4-5-14-11-7/h4-5H,2-3,6H2,1H3. The highest BCUT2D eigenvalue weighted by Crippen LogP contribution is 1.99. The molecule has 0 saturated heterocycles. The molecule has 0 radical (unpaired) electrons. The molecule has 0 aliphatic rings. The molecule has 2 rings (SSSR count). The minimum absolute atomic E-state index is 0.280. The van der Waals surface area contributed by atoms with E-state index in [9.17, 15) is 4.79 Å². The third-order valence-electron chi connectivity index (χ3n) is 1.91. The third-order valence-corrected chi connectivity index (χ3v) is 1.91. The predicted octanol–water partition coefficient (Wildman–Crippen LogP) is 0.825. The highest BCUT2D eigenvalue weighted by Gasteiger charge is 2.08. The molecule has 0 aliphatic heterocycles. The summed E-state index contributed by atoms with van der Waals surface area (Å²) in [6.45, 7) is 2.28. The van der Waals surface area contributed by atoms with Crippen molar-refractivity contribution in [3.8, 4) is 0 Å². The van der Waals surface area contributed by atoms with E-state index in [1.807, 2.05) is 6.92 Å². The highest BCUT2D eigenvalue weighted by atomic mass is 16.5. The molecule has 15 heavy (non-hydrogen) atoms. The molecule has 0 fully saturated rings. The van der Waals surface area contributed by atoms with Crippen molar-refractivity contribution in [2.75, 3.05) is 0 Å². The fourth-order valence-electron chi connectivity index (χ4n) is 1.24. The van der Waals surface area contributed by atoms with Crippen molar-refractivity contribution in [3.63, 3.8) is 0 Å². The maximum Gasteiger partial charge on any atom is 0.437 e. The molecular weight excluding hydrogens is 198 g/mol. The molecule has 2 aromatic rings. The Labute approximate surface area is 85.5 Å². The Morgan fingerprint density at radius 2 is 2.40 bits per heavy atom. The van der Waals surface area contributed by atoms with Crippen molar-refractivity contribution < 1.29 is 8.94 Å². The molecule has 0 amide bonds. The van der Waals surface area contributed by atoms with E-state index >= 15 is 0 Å². The van der Waals surface area contributed by atoms with Crippen LogP contribution in [0.2, 0.25) is 0 Å². The topological polar surface area (TPSA) is 74.1 Å². The molecule has 6 nitrogen and oxygen atoms in total. The summed E-state index contributed by atoms with van der Waals surface area (Å²) in [4.78, 5) is 11.3. The maximum absolute atomic E-state index is 11.3. The van der Waals surface area contributed by atoms with Crippen LogP contribution in [0.25, 0.3) is 0 Å². The molecule has 6 heteroatoms. The summed E-state index contributed by atoms with van der Waals surface area (Å²) in [5.41, 5.74) is 0.647. The van der Waals surface area contributed by atoms with Crippen LogP contribution in [0.5, 0.6) is 0 Å². The quantitative estimate of drug-likeness (QED) is 0.745. The van der Waals surface area contributed by atoms with Crippen LogP contribution in [0, 0.1) is 0 Å². The Morgan fingerprint density at radius 1 is 1.53 bits per heavy atom. The second-order valence-electron chi connectivity index (χ2n) is 3.16. The summed E-state index contributed by atoms with van der Waals surface area (Å²) in [5, 5.41) is 7.72. The average Bonchev–Trinajstić information content (AvgIpc) is 2.79. The van der Waals surface area contributed by atoms with E-state index in [0.717, 1.165) is 6.42 Å². The van der Waals surface area contributed by atoms with Crippen LogP contribution in [0.4, 0.5) is 0 Å². The number of aryl methyl sites for hydroxylation is 1. The number of rotatable bonds is 4. The Balaban J connectivity index is 2.18. The van der Waals surface area contributed by atoms with Gasteiger partial charge in [-0.3, -0.25) is 0 Å². The summed E-state index contributed by atoms with van der Waals surface area (Å²) < 4.78 is 10.8. The van der Waals surface area contributed by atoms with Crippen molar-refractivity contribution in [1.29, 1.82) is 0 Å². The van der Waals surface area contributed by atoms with Crippen molar-refractivity contribution in [3.05, 3.63) is 34.5 Å². The van der Waals surface area contributed by atoms with Gasteiger partial charge in [-0.15, -0.1) is 5.10 Å². The molecule has 2 aromatic heterocycles. The zero-order valence-electron chi connectivity index (χ0n) is 8.34. The van der Waals surface area contributed by atoms with Crippen LogP contribution in [0.15, 0.2) is 26.1 Å². The second kappa shape index (κ2) is 4.12. The lowest BCUT2D eigenvalue weighted by atomic mass is 10.3. The average molecular weight is 209 g/mol. The predicted molar refractivity (Wildman–Crippen MR) is 50.4 cm³/mol. The van der Waals surface area contributed by atoms with Gasteiger partial charge in [0.15, 0.2) is 0 Å². The lowest BCUT2D eigenvalue weighted by Gasteiger charge is -1.91. The largest absolute Gasteiger partial charge is 0.437 e. The molecule has 0 N–H and O–H groups in total. The smallest absolute Gasteiger partial charge is 0.392 e. The van der Waals surface area contributed by atoms with E-state index in [1.54, 1.807) is 6.07 Å². The van der Waals surface area contributed by atoms with Gasteiger partial charge >= 0.3 is 5.76 Å². The Bertz CT molecular complexity index is 469. The minimum atomic E-state index is -0.457. The SMILES string of the molecule is CCCc1nn(Cc2ccon2)c(=O)o1. The number of hydrogen-bond acceptors (Lipinski definition) is 5. The van der Waals surface area contributed by atoms with Crippen molar-refractivity contribution in [2.24, 2.45) is 0 Å². The van der Waals surface area contributed by atoms with Gasteiger partial charge in [-0.05, 0) is 6.42 Å². The summed E-state index contributed by atoms with van der Waals surface area (Å²) in [5.74, 6) is 0.00689. The first-order valence-electron chi connectivity index (χ1n) is 4.75. The third kappa shape index (κ3) is 2.15. The second-order valence-corrected chi connectivity index (χ2v) is 3.16. The first kappa shape index (κ1) is 9.70. The monoisotopic (exact) mass is 209 g/mol. The van der Waals surface area contributed by atoms with Crippen LogP contribution < -0.4 is 5.76 Å². The Hall–Kier alpha value is -1.85. The Kier molecular flexibility index (Phi) is 2.66. The van der Waals surface area contributed by atoms with Gasteiger partial charge in [0.1, 0.15) is 12.0 Å². The van der Waals surface area contributed by atoms with Gasteiger partial charge in [-0.2, -0.15) is 4.68 Å². The van der Waals surface area contributed by atoms with E-state index in [2.05, 4.69) is 14.8 Å². The normalized spacial score (nSPS) is 10.7. The van der Waals surface area contributed by atoms with Gasteiger partial charge in [-0.25, -0.2) is 4.79 Å². The van der Waals surface area contributed by atoms with Crippen LogP contribution >= 0.6 is 0 Å². The van der Waals surface area contributed by atoms with Crippen LogP contribution in [0.1, 0.15) is 24.9 Å². The summed E-state index contributed by atoms with van der Waals surface area (Å²) in [7, 11) is 0. The van der Waals surface area contributed by atoms with Gasteiger partial charge in [0.25, 0.3) is 0 Å². The molecule has 0 saturated carbocycles. The van der Waals surface area contributed by atoms with Gasteiger partial charge in [-0.1, -0.05) is 12.1 Å². The van der Waals surface area contributed by atoms with E-state index < -0.39 is 5.76 Å². The van der Waals surface area contributed by atoms with Crippen molar-refractivity contribution >= 4 is 0 Å². The molecule has 2 heterocycles. The van der Waals surface area contributed by atoms with Gasteiger partial charge in [0.2, 0.25) is 5.89 Å². The zero-order chi connectivity index (χ0) is 10.7. The van der Waals surface area contributed by atoms with Crippen LogP contribution in [-0.2, 0) is 13.0 Å². The van der Waals surface area contributed by atoms with Crippen molar-refractivity contribution in [2.45, 2.75) is 26.3 Å². The molecule has 0 atom stereocenters. The van der Waals surface area contributed by atoms with Crippen LogP contribution in [-0.4, -0.2) is 14.9 Å². The molecule has 0 aliphatic carbocycles. The summed E-state index contributed by atoms with van der Waals surface area (Å²) in [6, 6.07) is 1.68. The van der Waals surface area contributed by atoms with Gasteiger partial charge in [0.05, 0.1) is 6.54 Å². The molecule has 80 valence electrons. The lowest BCUT2D eigenvalue weighted by molar-refractivity contribution is 0.404. The lowest BCUT2D eigenvalue weighted by Crippen LogP contribution is -2.16. The van der Waals surface area contributed by atoms with E-state index in [-0.39, 0.29) is 6.54 Å². The van der Waals surface area contributed by atoms with Gasteiger partial charge < -0.3 is 8.94 Å². The highest BCUT2D eigenvalue weighted by molar-refractivity contribution is 4.95. The van der Waals surface area contributed by atoms with E-state index in [1.165, 1.54) is 10.9 Å². The minimum Gasteiger partial charge on any atom is -0.392 e. The molecule has 0 spiro atoms. The molecule has 0 bridgehead atoms. The zero-order valence-corrected chi connectivity index (χ0v) is 8.34.